The molecular weight excluding hydrogens is 356 g/mol. The fraction of sp³-hybridized carbons (Fsp3) is 0.227. The van der Waals surface area contributed by atoms with Gasteiger partial charge < -0.3 is 24.5 Å². The van der Waals surface area contributed by atoms with E-state index in [1.54, 1.807) is 27.4 Å². The molecule has 3 rings (SSSR count). The molecule has 146 valence electrons. The van der Waals surface area contributed by atoms with Crippen molar-refractivity contribution >= 4 is 5.91 Å². The summed E-state index contributed by atoms with van der Waals surface area (Å²) in [5, 5.41) is 2.86. The van der Waals surface area contributed by atoms with E-state index in [0.717, 1.165) is 28.0 Å². The SMILES string of the molecule is CCNC(=O)c1[nH]cc(-c2ccc(OC)cc2)c1-c1cc(OC)cc(OC)c1. The van der Waals surface area contributed by atoms with Gasteiger partial charge in [-0.1, -0.05) is 12.1 Å². The van der Waals surface area contributed by atoms with E-state index in [-0.39, 0.29) is 5.91 Å². The zero-order valence-electron chi connectivity index (χ0n) is 16.5. The van der Waals surface area contributed by atoms with Crippen molar-refractivity contribution in [2.24, 2.45) is 0 Å². The van der Waals surface area contributed by atoms with Crippen molar-refractivity contribution in [1.29, 1.82) is 0 Å². The highest BCUT2D eigenvalue weighted by Crippen LogP contribution is 2.39. The van der Waals surface area contributed by atoms with Crippen molar-refractivity contribution in [3.05, 3.63) is 54.4 Å². The number of hydrogen-bond acceptors (Lipinski definition) is 4. The molecule has 6 nitrogen and oxygen atoms in total. The van der Waals surface area contributed by atoms with Gasteiger partial charge in [0.15, 0.2) is 0 Å². The van der Waals surface area contributed by atoms with Crippen LogP contribution in [0.25, 0.3) is 22.3 Å². The van der Waals surface area contributed by atoms with E-state index < -0.39 is 0 Å². The third-order valence-corrected chi connectivity index (χ3v) is 4.49. The molecule has 0 bridgehead atoms. The summed E-state index contributed by atoms with van der Waals surface area (Å²) in [6.07, 6.45) is 1.84. The fourth-order valence-electron chi connectivity index (χ4n) is 3.10. The lowest BCUT2D eigenvalue weighted by Gasteiger charge is -2.12. The molecule has 0 atom stereocenters. The van der Waals surface area contributed by atoms with Gasteiger partial charge >= 0.3 is 0 Å². The molecule has 0 radical (unpaired) electrons. The molecule has 3 aromatic rings. The Morgan fingerprint density at radius 3 is 2.04 bits per heavy atom. The number of H-pyrrole nitrogens is 1. The summed E-state index contributed by atoms with van der Waals surface area (Å²) >= 11 is 0. The molecule has 2 N–H and O–H groups in total. The molecule has 0 aliphatic carbocycles. The van der Waals surface area contributed by atoms with Crippen LogP contribution < -0.4 is 19.5 Å². The van der Waals surface area contributed by atoms with Gasteiger partial charge in [0.1, 0.15) is 22.9 Å². The van der Waals surface area contributed by atoms with Gasteiger partial charge in [0, 0.05) is 29.9 Å². The summed E-state index contributed by atoms with van der Waals surface area (Å²) in [5.41, 5.74) is 3.96. The highest BCUT2D eigenvalue weighted by atomic mass is 16.5. The van der Waals surface area contributed by atoms with Crippen LogP contribution >= 0.6 is 0 Å². The maximum Gasteiger partial charge on any atom is 0.268 e. The smallest absolute Gasteiger partial charge is 0.268 e. The monoisotopic (exact) mass is 380 g/mol. The van der Waals surface area contributed by atoms with E-state index in [4.69, 9.17) is 14.2 Å². The van der Waals surface area contributed by atoms with Crippen LogP contribution in [0.5, 0.6) is 17.2 Å². The molecule has 0 saturated carbocycles. The lowest BCUT2D eigenvalue weighted by Crippen LogP contribution is -2.23. The Labute approximate surface area is 164 Å². The predicted octanol–water partition coefficient (Wildman–Crippen LogP) is 4.12. The Morgan fingerprint density at radius 2 is 1.50 bits per heavy atom. The standard InChI is InChI=1S/C22H24N2O4/c1-5-23-22(25)21-20(15-10-17(27-3)12-18(11-15)28-4)19(13-24-21)14-6-8-16(26-2)9-7-14/h6-13,24H,5H2,1-4H3,(H,23,25). The van der Waals surface area contributed by atoms with E-state index in [9.17, 15) is 4.79 Å². The van der Waals surface area contributed by atoms with Crippen molar-refractivity contribution in [1.82, 2.24) is 10.3 Å². The second-order valence-corrected chi connectivity index (χ2v) is 6.14. The number of nitrogens with one attached hydrogen (secondary N) is 2. The summed E-state index contributed by atoms with van der Waals surface area (Å²) < 4.78 is 16.1. The van der Waals surface area contributed by atoms with Gasteiger partial charge in [0.05, 0.1) is 21.3 Å². The van der Waals surface area contributed by atoms with Gasteiger partial charge in [-0.05, 0) is 42.3 Å². The van der Waals surface area contributed by atoms with Crippen molar-refractivity contribution in [3.8, 4) is 39.5 Å². The van der Waals surface area contributed by atoms with Crippen LogP contribution in [0.2, 0.25) is 0 Å². The first-order chi connectivity index (χ1) is 13.6. The van der Waals surface area contributed by atoms with Gasteiger partial charge in [0.2, 0.25) is 0 Å². The zero-order chi connectivity index (χ0) is 20.1. The van der Waals surface area contributed by atoms with Gasteiger partial charge in [-0.3, -0.25) is 4.79 Å². The summed E-state index contributed by atoms with van der Waals surface area (Å²) in [7, 11) is 4.84. The Kier molecular flexibility index (Phi) is 5.89. The van der Waals surface area contributed by atoms with Crippen molar-refractivity contribution in [3.63, 3.8) is 0 Å². The minimum absolute atomic E-state index is 0.168. The molecule has 6 heteroatoms. The molecule has 1 aromatic heterocycles. The number of amides is 1. The van der Waals surface area contributed by atoms with E-state index >= 15 is 0 Å². The number of benzene rings is 2. The molecule has 0 spiro atoms. The number of aromatic nitrogens is 1. The molecule has 0 unspecified atom stereocenters. The van der Waals surface area contributed by atoms with Crippen LogP contribution in [-0.2, 0) is 0 Å². The Morgan fingerprint density at radius 1 is 0.893 bits per heavy atom. The van der Waals surface area contributed by atoms with E-state index in [0.29, 0.717) is 23.7 Å². The summed E-state index contributed by atoms with van der Waals surface area (Å²) in [4.78, 5) is 15.8. The van der Waals surface area contributed by atoms with Crippen LogP contribution in [0.15, 0.2) is 48.7 Å². The van der Waals surface area contributed by atoms with Crippen LogP contribution in [-0.4, -0.2) is 38.8 Å². The quantitative estimate of drug-likeness (QED) is 0.647. The zero-order valence-corrected chi connectivity index (χ0v) is 16.5. The normalized spacial score (nSPS) is 10.4. The first-order valence-electron chi connectivity index (χ1n) is 8.98. The van der Waals surface area contributed by atoms with Gasteiger partial charge in [0.25, 0.3) is 5.91 Å². The van der Waals surface area contributed by atoms with E-state index in [1.165, 1.54) is 0 Å². The van der Waals surface area contributed by atoms with Gasteiger partial charge in [-0.25, -0.2) is 0 Å². The van der Waals surface area contributed by atoms with Crippen molar-refractivity contribution in [2.75, 3.05) is 27.9 Å². The summed E-state index contributed by atoms with van der Waals surface area (Å²) in [5.74, 6) is 1.91. The first-order valence-corrected chi connectivity index (χ1v) is 8.98. The molecule has 28 heavy (non-hydrogen) atoms. The van der Waals surface area contributed by atoms with Crippen LogP contribution in [0, 0.1) is 0 Å². The number of methoxy groups -OCH3 is 3. The Balaban J connectivity index is 2.21. The van der Waals surface area contributed by atoms with Crippen LogP contribution in [0.3, 0.4) is 0 Å². The number of carbonyl (C=O) groups excluding carboxylic acids is 1. The maximum atomic E-state index is 12.7. The van der Waals surface area contributed by atoms with E-state index in [1.807, 2.05) is 49.5 Å². The lowest BCUT2D eigenvalue weighted by molar-refractivity contribution is 0.0952. The molecule has 0 aliphatic rings. The second kappa shape index (κ2) is 8.52. The van der Waals surface area contributed by atoms with Crippen LogP contribution in [0.1, 0.15) is 17.4 Å². The molecule has 0 aliphatic heterocycles. The predicted molar refractivity (Wildman–Crippen MR) is 109 cm³/mol. The van der Waals surface area contributed by atoms with E-state index in [2.05, 4.69) is 10.3 Å². The fourth-order valence-corrected chi connectivity index (χ4v) is 3.10. The molecule has 0 saturated heterocycles. The highest BCUT2D eigenvalue weighted by Gasteiger charge is 2.21. The van der Waals surface area contributed by atoms with Crippen LogP contribution in [0.4, 0.5) is 0 Å². The first kappa shape index (κ1) is 19.4. The minimum Gasteiger partial charge on any atom is -0.497 e. The number of carbonyl (C=O) groups is 1. The summed E-state index contributed by atoms with van der Waals surface area (Å²) in [6.45, 7) is 2.43. The third-order valence-electron chi connectivity index (χ3n) is 4.49. The Hall–Kier alpha value is -3.41. The largest absolute Gasteiger partial charge is 0.497 e. The average Bonchev–Trinajstić information content (AvgIpc) is 3.18. The molecule has 1 heterocycles. The number of ether oxygens (including phenoxy) is 3. The Bertz CT molecular complexity index is 939. The van der Waals surface area contributed by atoms with Gasteiger partial charge in [-0.2, -0.15) is 0 Å². The third kappa shape index (κ3) is 3.81. The molecular formula is C22H24N2O4. The number of aromatic amines is 1. The highest BCUT2D eigenvalue weighted by molar-refractivity contribution is 6.04. The topological polar surface area (TPSA) is 72.6 Å². The summed E-state index contributed by atoms with van der Waals surface area (Å²) in [6, 6.07) is 13.3. The number of rotatable bonds is 7. The minimum atomic E-state index is -0.168. The van der Waals surface area contributed by atoms with Gasteiger partial charge in [-0.15, -0.1) is 0 Å². The van der Waals surface area contributed by atoms with Crippen molar-refractivity contribution in [2.45, 2.75) is 6.92 Å². The molecule has 0 fully saturated rings. The maximum absolute atomic E-state index is 12.7. The molecule has 1 amide bonds. The average molecular weight is 380 g/mol. The van der Waals surface area contributed by atoms with Crippen molar-refractivity contribution < 1.29 is 19.0 Å². The molecule has 2 aromatic carbocycles. The number of hydrogen-bond donors (Lipinski definition) is 2. The lowest BCUT2D eigenvalue weighted by atomic mass is 9.96. The second-order valence-electron chi connectivity index (χ2n) is 6.14.